The third kappa shape index (κ3) is 2.71. The Kier molecular flexibility index (Phi) is 4.69. The Morgan fingerprint density at radius 2 is 2.39 bits per heavy atom. The summed E-state index contributed by atoms with van der Waals surface area (Å²) in [4.78, 5) is 6.79. The number of pyridine rings is 1. The van der Waals surface area contributed by atoms with Gasteiger partial charge in [0.05, 0.1) is 18.3 Å². The van der Waals surface area contributed by atoms with Crippen molar-refractivity contribution < 1.29 is 5.11 Å². The number of aliphatic hydroxyl groups excluding tert-OH is 1. The highest BCUT2D eigenvalue weighted by atomic mass is 16.3. The Morgan fingerprint density at radius 3 is 3.00 bits per heavy atom. The summed E-state index contributed by atoms with van der Waals surface area (Å²) in [6, 6.07) is 6.37. The first-order valence-corrected chi connectivity index (χ1v) is 6.81. The van der Waals surface area contributed by atoms with Gasteiger partial charge in [-0.15, -0.1) is 0 Å². The Balaban J connectivity index is 2.25. The smallest absolute Gasteiger partial charge is 0.0676 e. The number of nitrogens with zero attached hydrogens (tertiary/aromatic N) is 2. The molecule has 1 aromatic rings. The SMILES string of the molecule is CCC(N)C(c1ccccn1)N1CCCC1CO. The zero-order valence-corrected chi connectivity index (χ0v) is 11.0. The van der Waals surface area contributed by atoms with Crippen LogP contribution in [0.5, 0.6) is 0 Å². The van der Waals surface area contributed by atoms with Crippen molar-refractivity contribution in [1.82, 2.24) is 9.88 Å². The van der Waals surface area contributed by atoms with Gasteiger partial charge in [0.25, 0.3) is 0 Å². The van der Waals surface area contributed by atoms with Gasteiger partial charge in [-0.1, -0.05) is 13.0 Å². The summed E-state index contributed by atoms with van der Waals surface area (Å²) in [5.74, 6) is 0. The Morgan fingerprint density at radius 1 is 1.56 bits per heavy atom. The van der Waals surface area contributed by atoms with Gasteiger partial charge in [0, 0.05) is 18.3 Å². The largest absolute Gasteiger partial charge is 0.395 e. The van der Waals surface area contributed by atoms with Gasteiger partial charge in [0.15, 0.2) is 0 Å². The van der Waals surface area contributed by atoms with Crippen LogP contribution in [0.4, 0.5) is 0 Å². The van der Waals surface area contributed by atoms with Crippen LogP contribution in [0.1, 0.15) is 37.9 Å². The van der Waals surface area contributed by atoms with Gasteiger partial charge < -0.3 is 10.8 Å². The molecule has 1 fully saturated rings. The second kappa shape index (κ2) is 6.27. The quantitative estimate of drug-likeness (QED) is 0.826. The molecule has 0 aliphatic carbocycles. The van der Waals surface area contributed by atoms with Crippen LogP contribution in [0.15, 0.2) is 24.4 Å². The van der Waals surface area contributed by atoms with Crippen LogP contribution in [0.3, 0.4) is 0 Å². The molecular weight excluding hydrogens is 226 g/mol. The monoisotopic (exact) mass is 249 g/mol. The van der Waals surface area contributed by atoms with Gasteiger partial charge in [-0.05, 0) is 37.9 Å². The van der Waals surface area contributed by atoms with Crippen LogP contribution < -0.4 is 5.73 Å². The average Bonchev–Trinajstić information content (AvgIpc) is 2.88. The van der Waals surface area contributed by atoms with Gasteiger partial charge in [0.1, 0.15) is 0 Å². The summed E-state index contributed by atoms with van der Waals surface area (Å²) >= 11 is 0. The van der Waals surface area contributed by atoms with Crippen LogP contribution in [0.25, 0.3) is 0 Å². The topological polar surface area (TPSA) is 62.4 Å². The standard InChI is InChI=1S/C14H23N3O/c1-2-12(15)14(13-7-3-4-8-16-13)17-9-5-6-11(17)10-18/h3-4,7-8,11-12,14,18H,2,5-6,9-10,15H2,1H3. The molecule has 3 N–H and O–H groups in total. The minimum absolute atomic E-state index is 0.0621. The van der Waals surface area contributed by atoms with Crippen LogP contribution in [-0.4, -0.2) is 40.2 Å². The van der Waals surface area contributed by atoms with Crippen molar-refractivity contribution >= 4 is 0 Å². The van der Waals surface area contributed by atoms with E-state index in [1.165, 1.54) is 0 Å². The van der Waals surface area contributed by atoms with Crippen molar-refractivity contribution in [2.75, 3.05) is 13.2 Å². The van der Waals surface area contributed by atoms with Crippen LogP contribution in [0, 0.1) is 0 Å². The second-order valence-corrected chi connectivity index (χ2v) is 4.99. The fourth-order valence-corrected chi connectivity index (χ4v) is 2.83. The fraction of sp³-hybridized carbons (Fsp3) is 0.643. The number of aromatic nitrogens is 1. The van der Waals surface area contributed by atoms with E-state index in [1.807, 2.05) is 24.4 Å². The minimum Gasteiger partial charge on any atom is -0.395 e. The third-order valence-electron chi connectivity index (χ3n) is 3.86. The van der Waals surface area contributed by atoms with Gasteiger partial charge in [-0.3, -0.25) is 9.88 Å². The molecule has 0 bridgehead atoms. The second-order valence-electron chi connectivity index (χ2n) is 4.99. The number of likely N-dealkylation sites (tertiary alicyclic amines) is 1. The van der Waals surface area contributed by atoms with Gasteiger partial charge in [-0.2, -0.15) is 0 Å². The highest BCUT2D eigenvalue weighted by molar-refractivity contribution is 5.12. The molecule has 1 aliphatic heterocycles. The molecule has 0 radical (unpaired) electrons. The van der Waals surface area contributed by atoms with Crippen molar-refractivity contribution in [1.29, 1.82) is 0 Å². The summed E-state index contributed by atoms with van der Waals surface area (Å²) in [5.41, 5.74) is 7.30. The van der Waals surface area contributed by atoms with E-state index in [0.29, 0.717) is 0 Å². The zero-order chi connectivity index (χ0) is 13.0. The molecule has 0 saturated carbocycles. The molecule has 0 aromatic carbocycles. The lowest BCUT2D eigenvalue weighted by atomic mass is 10.00. The minimum atomic E-state index is 0.0621. The Bertz CT molecular complexity index is 357. The number of aliphatic hydroxyl groups is 1. The van der Waals surface area contributed by atoms with Crippen molar-refractivity contribution in [3.63, 3.8) is 0 Å². The van der Waals surface area contributed by atoms with Crippen LogP contribution >= 0.6 is 0 Å². The van der Waals surface area contributed by atoms with E-state index >= 15 is 0 Å². The average molecular weight is 249 g/mol. The van der Waals surface area contributed by atoms with Gasteiger partial charge >= 0.3 is 0 Å². The highest BCUT2D eigenvalue weighted by Gasteiger charge is 2.34. The predicted octanol–water partition coefficient (Wildman–Crippen LogP) is 1.32. The maximum atomic E-state index is 9.48. The molecule has 0 spiro atoms. The number of hydrogen-bond donors (Lipinski definition) is 2. The van der Waals surface area contributed by atoms with Crippen LogP contribution in [-0.2, 0) is 0 Å². The van der Waals surface area contributed by atoms with E-state index in [9.17, 15) is 5.11 Å². The van der Waals surface area contributed by atoms with E-state index < -0.39 is 0 Å². The summed E-state index contributed by atoms with van der Waals surface area (Å²) in [5, 5.41) is 9.48. The maximum Gasteiger partial charge on any atom is 0.0676 e. The molecule has 4 heteroatoms. The lowest BCUT2D eigenvalue weighted by molar-refractivity contribution is 0.102. The molecule has 2 rings (SSSR count). The molecule has 0 amide bonds. The molecule has 4 nitrogen and oxygen atoms in total. The van der Waals surface area contributed by atoms with Crippen molar-refractivity contribution in [3.8, 4) is 0 Å². The molecule has 1 aromatic heterocycles. The summed E-state index contributed by atoms with van der Waals surface area (Å²) < 4.78 is 0. The number of nitrogens with two attached hydrogens (primary N) is 1. The summed E-state index contributed by atoms with van der Waals surface area (Å²) in [6.07, 6.45) is 4.91. The predicted molar refractivity (Wildman–Crippen MR) is 72.1 cm³/mol. The lowest BCUT2D eigenvalue weighted by Crippen LogP contribution is -2.44. The van der Waals surface area contributed by atoms with Crippen molar-refractivity contribution in [2.45, 2.75) is 44.3 Å². The molecule has 100 valence electrons. The van der Waals surface area contributed by atoms with E-state index in [-0.39, 0.29) is 24.7 Å². The molecule has 3 atom stereocenters. The molecule has 2 heterocycles. The normalized spacial score (nSPS) is 24.1. The Labute approximate surface area is 109 Å². The Hall–Kier alpha value is -0.970. The van der Waals surface area contributed by atoms with Gasteiger partial charge in [-0.25, -0.2) is 0 Å². The zero-order valence-electron chi connectivity index (χ0n) is 11.0. The van der Waals surface area contributed by atoms with Crippen molar-refractivity contribution in [3.05, 3.63) is 30.1 Å². The lowest BCUT2D eigenvalue weighted by Gasteiger charge is -2.35. The first kappa shape index (κ1) is 13.5. The first-order valence-electron chi connectivity index (χ1n) is 6.81. The van der Waals surface area contributed by atoms with Gasteiger partial charge in [0.2, 0.25) is 0 Å². The van der Waals surface area contributed by atoms with E-state index in [0.717, 1.165) is 31.5 Å². The van der Waals surface area contributed by atoms with E-state index in [2.05, 4.69) is 16.8 Å². The van der Waals surface area contributed by atoms with E-state index in [4.69, 9.17) is 5.73 Å². The first-order chi connectivity index (χ1) is 8.77. The molecule has 1 aliphatic rings. The van der Waals surface area contributed by atoms with E-state index in [1.54, 1.807) is 0 Å². The molecule has 18 heavy (non-hydrogen) atoms. The molecule has 1 saturated heterocycles. The molecule has 3 unspecified atom stereocenters. The maximum absolute atomic E-state index is 9.48. The number of hydrogen-bond acceptors (Lipinski definition) is 4. The fourth-order valence-electron chi connectivity index (χ4n) is 2.83. The third-order valence-corrected chi connectivity index (χ3v) is 3.86. The highest BCUT2D eigenvalue weighted by Crippen LogP contribution is 2.31. The number of rotatable bonds is 5. The van der Waals surface area contributed by atoms with Crippen LogP contribution in [0.2, 0.25) is 0 Å². The summed E-state index contributed by atoms with van der Waals surface area (Å²) in [6.45, 7) is 3.31. The molecular formula is C14H23N3O. The summed E-state index contributed by atoms with van der Waals surface area (Å²) in [7, 11) is 0. The van der Waals surface area contributed by atoms with Crippen molar-refractivity contribution in [2.24, 2.45) is 5.73 Å².